The highest BCUT2D eigenvalue weighted by Crippen LogP contribution is 2.44. The van der Waals surface area contributed by atoms with Crippen molar-refractivity contribution in [1.82, 2.24) is 0 Å². The van der Waals surface area contributed by atoms with Crippen LogP contribution in [-0.4, -0.2) is 5.11 Å². The largest absolute Gasteiger partial charge is 0.507 e. The lowest BCUT2D eigenvalue weighted by molar-refractivity contribution is 0.302. The van der Waals surface area contributed by atoms with Crippen LogP contribution in [0.2, 0.25) is 0 Å². The van der Waals surface area contributed by atoms with Crippen LogP contribution in [0.1, 0.15) is 122 Å². The lowest BCUT2D eigenvalue weighted by Crippen LogP contribution is -2.20. The van der Waals surface area contributed by atoms with Crippen LogP contribution in [0.4, 0.5) is 0 Å². The summed E-state index contributed by atoms with van der Waals surface area (Å²) in [7, 11) is 0. The standard InChI is InChI=1S/C25H42O/c1-8-9-10-11-18-12-14-19(15-13-18)20-16-21(24(2,3)4)23(26)22(17-20)25(5,6)7/h16-19,26H,8-15H2,1-7H3. The van der Waals surface area contributed by atoms with Crippen molar-refractivity contribution in [3.8, 4) is 5.75 Å². The Kier molecular flexibility index (Phi) is 6.86. The van der Waals surface area contributed by atoms with Crippen LogP contribution in [0.3, 0.4) is 0 Å². The molecule has 1 fully saturated rings. The average molecular weight is 359 g/mol. The van der Waals surface area contributed by atoms with Gasteiger partial charge in [-0.3, -0.25) is 0 Å². The molecule has 1 N–H and O–H groups in total. The molecule has 1 saturated carbocycles. The minimum absolute atomic E-state index is 0.0303. The van der Waals surface area contributed by atoms with E-state index >= 15 is 0 Å². The van der Waals surface area contributed by atoms with Gasteiger partial charge in [0.1, 0.15) is 5.75 Å². The summed E-state index contributed by atoms with van der Waals surface area (Å²) in [5.41, 5.74) is 3.63. The molecule has 1 heteroatoms. The van der Waals surface area contributed by atoms with Gasteiger partial charge in [-0.1, -0.05) is 86.3 Å². The minimum Gasteiger partial charge on any atom is -0.507 e. The van der Waals surface area contributed by atoms with Crippen molar-refractivity contribution in [3.05, 3.63) is 28.8 Å². The van der Waals surface area contributed by atoms with Gasteiger partial charge in [0.25, 0.3) is 0 Å². The van der Waals surface area contributed by atoms with Crippen molar-refractivity contribution in [3.63, 3.8) is 0 Å². The minimum atomic E-state index is -0.0303. The first-order valence-corrected chi connectivity index (χ1v) is 10.9. The summed E-state index contributed by atoms with van der Waals surface area (Å²) in [5, 5.41) is 10.9. The summed E-state index contributed by atoms with van der Waals surface area (Å²) in [6.45, 7) is 15.6. The second kappa shape index (κ2) is 8.36. The number of hydrogen-bond donors (Lipinski definition) is 1. The fourth-order valence-corrected chi connectivity index (χ4v) is 4.50. The van der Waals surface area contributed by atoms with Crippen LogP contribution in [0.25, 0.3) is 0 Å². The third-order valence-electron chi connectivity index (χ3n) is 6.28. The normalized spacial score (nSPS) is 21.8. The van der Waals surface area contributed by atoms with Crippen molar-refractivity contribution in [2.75, 3.05) is 0 Å². The molecule has 0 spiro atoms. The molecule has 1 aromatic rings. The van der Waals surface area contributed by atoms with Gasteiger partial charge in [-0.15, -0.1) is 0 Å². The van der Waals surface area contributed by atoms with E-state index in [0.717, 1.165) is 17.0 Å². The van der Waals surface area contributed by atoms with Crippen molar-refractivity contribution in [2.24, 2.45) is 5.92 Å². The lowest BCUT2D eigenvalue weighted by Gasteiger charge is -2.33. The van der Waals surface area contributed by atoms with E-state index in [1.54, 1.807) is 0 Å². The SMILES string of the molecule is CCCCCC1CCC(c2cc(C(C)(C)C)c(O)c(C(C)(C)C)c2)CC1. The number of benzene rings is 1. The van der Waals surface area contributed by atoms with Crippen LogP contribution < -0.4 is 0 Å². The predicted octanol–water partition coefficient (Wildman–Crippen LogP) is 7.84. The maximum atomic E-state index is 10.9. The molecule has 1 aliphatic rings. The Hall–Kier alpha value is -0.980. The van der Waals surface area contributed by atoms with E-state index in [4.69, 9.17) is 0 Å². The van der Waals surface area contributed by atoms with Crippen molar-refractivity contribution >= 4 is 0 Å². The summed E-state index contributed by atoms with van der Waals surface area (Å²) < 4.78 is 0. The molecule has 0 unspecified atom stereocenters. The monoisotopic (exact) mass is 358 g/mol. The van der Waals surface area contributed by atoms with Gasteiger partial charge >= 0.3 is 0 Å². The molecule has 148 valence electrons. The molecule has 0 atom stereocenters. The highest BCUT2D eigenvalue weighted by molar-refractivity contribution is 5.50. The molecule has 1 aromatic carbocycles. The average Bonchev–Trinajstić information content (AvgIpc) is 2.54. The zero-order valence-electron chi connectivity index (χ0n) is 18.4. The van der Waals surface area contributed by atoms with E-state index in [1.165, 1.54) is 56.9 Å². The van der Waals surface area contributed by atoms with E-state index in [0.29, 0.717) is 11.7 Å². The second-order valence-electron chi connectivity index (χ2n) is 10.7. The van der Waals surface area contributed by atoms with Gasteiger partial charge in [-0.05, 0) is 65.0 Å². The van der Waals surface area contributed by atoms with Gasteiger partial charge in [0.15, 0.2) is 0 Å². The highest BCUT2D eigenvalue weighted by atomic mass is 16.3. The van der Waals surface area contributed by atoms with E-state index in [1.807, 2.05) is 0 Å². The van der Waals surface area contributed by atoms with Gasteiger partial charge in [0.05, 0.1) is 0 Å². The molecular weight excluding hydrogens is 316 g/mol. The third kappa shape index (κ3) is 5.27. The summed E-state index contributed by atoms with van der Waals surface area (Å²) in [4.78, 5) is 0. The Bertz CT molecular complexity index is 542. The van der Waals surface area contributed by atoms with Gasteiger partial charge in [-0.25, -0.2) is 0 Å². The molecule has 0 aromatic heterocycles. The maximum absolute atomic E-state index is 10.9. The van der Waals surface area contributed by atoms with E-state index in [2.05, 4.69) is 60.6 Å². The first kappa shape index (κ1) is 21.3. The zero-order valence-corrected chi connectivity index (χ0v) is 18.4. The fourth-order valence-electron chi connectivity index (χ4n) is 4.50. The fraction of sp³-hybridized carbons (Fsp3) is 0.760. The van der Waals surface area contributed by atoms with E-state index in [-0.39, 0.29) is 10.8 Å². The van der Waals surface area contributed by atoms with Gasteiger partial charge in [0, 0.05) is 0 Å². The smallest absolute Gasteiger partial charge is 0.123 e. The summed E-state index contributed by atoms with van der Waals surface area (Å²) in [6, 6.07) is 4.62. The molecule has 0 bridgehead atoms. The molecule has 2 rings (SSSR count). The number of aromatic hydroxyl groups is 1. The van der Waals surface area contributed by atoms with E-state index < -0.39 is 0 Å². The number of phenols is 1. The first-order valence-electron chi connectivity index (χ1n) is 10.9. The Morgan fingerprint density at radius 2 is 1.35 bits per heavy atom. The van der Waals surface area contributed by atoms with Crippen molar-refractivity contribution in [1.29, 1.82) is 0 Å². The summed E-state index contributed by atoms with van der Waals surface area (Å²) >= 11 is 0. The Morgan fingerprint density at radius 3 is 1.77 bits per heavy atom. The van der Waals surface area contributed by atoms with Crippen LogP contribution in [0.5, 0.6) is 5.75 Å². The highest BCUT2D eigenvalue weighted by Gasteiger charge is 2.29. The van der Waals surface area contributed by atoms with E-state index in [9.17, 15) is 5.11 Å². The molecule has 1 nitrogen and oxygen atoms in total. The van der Waals surface area contributed by atoms with Crippen LogP contribution in [0, 0.1) is 5.92 Å². The maximum Gasteiger partial charge on any atom is 0.123 e. The van der Waals surface area contributed by atoms with Crippen molar-refractivity contribution in [2.45, 2.75) is 117 Å². The zero-order chi connectivity index (χ0) is 19.5. The topological polar surface area (TPSA) is 20.2 Å². The third-order valence-corrected chi connectivity index (χ3v) is 6.28. The predicted molar refractivity (Wildman–Crippen MR) is 114 cm³/mol. The Morgan fingerprint density at radius 1 is 0.846 bits per heavy atom. The molecule has 0 aliphatic heterocycles. The van der Waals surface area contributed by atoms with Crippen LogP contribution in [0.15, 0.2) is 12.1 Å². The van der Waals surface area contributed by atoms with Crippen molar-refractivity contribution < 1.29 is 5.11 Å². The molecule has 0 saturated heterocycles. The molecule has 0 radical (unpaired) electrons. The number of unbranched alkanes of at least 4 members (excludes halogenated alkanes) is 2. The number of hydrogen-bond acceptors (Lipinski definition) is 1. The Labute approximate surface area is 162 Å². The van der Waals surface area contributed by atoms with Gasteiger partial charge in [0.2, 0.25) is 0 Å². The van der Waals surface area contributed by atoms with Crippen LogP contribution in [-0.2, 0) is 10.8 Å². The lowest BCUT2D eigenvalue weighted by atomic mass is 9.73. The summed E-state index contributed by atoms with van der Waals surface area (Å²) in [6.07, 6.45) is 10.9. The van der Waals surface area contributed by atoms with Gasteiger partial charge in [-0.2, -0.15) is 0 Å². The summed E-state index contributed by atoms with van der Waals surface area (Å²) in [5.74, 6) is 2.13. The quantitative estimate of drug-likeness (QED) is 0.531. The number of rotatable bonds is 5. The molecule has 1 aliphatic carbocycles. The second-order valence-corrected chi connectivity index (χ2v) is 10.7. The van der Waals surface area contributed by atoms with Gasteiger partial charge < -0.3 is 5.11 Å². The molecule has 0 amide bonds. The molecule has 26 heavy (non-hydrogen) atoms. The molecular formula is C25H42O. The first-order chi connectivity index (χ1) is 12.0. The molecule has 0 heterocycles. The van der Waals surface area contributed by atoms with Crippen LogP contribution >= 0.6 is 0 Å². The number of phenolic OH excluding ortho intramolecular Hbond substituents is 1. The Balaban J connectivity index is 2.22.